The van der Waals surface area contributed by atoms with Gasteiger partial charge in [-0.25, -0.2) is 4.98 Å². The minimum absolute atomic E-state index is 0.594. The average Bonchev–Trinajstić information content (AvgIpc) is 2.82. The van der Waals surface area contributed by atoms with Crippen LogP contribution in [0.4, 0.5) is 5.95 Å². The molecule has 21 heavy (non-hydrogen) atoms. The van der Waals surface area contributed by atoms with Crippen molar-refractivity contribution in [3.05, 3.63) is 47.3 Å². The molecule has 1 saturated carbocycles. The van der Waals surface area contributed by atoms with Gasteiger partial charge in [0.05, 0.1) is 12.2 Å². The summed E-state index contributed by atoms with van der Waals surface area (Å²) in [5, 5.41) is 3.66. The van der Waals surface area contributed by atoms with Crippen molar-refractivity contribution in [2.45, 2.75) is 58.5 Å². The normalized spacial score (nSPS) is 16.1. The van der Waals surface area contributed by atoms with Gasteiger partial charge in [0.1, 0.15) is 0 Å². The standard InChI is InChI=1S/C18H25N3/c1-14-8-6-7-9-16(14)13-21-12-15(2)19-18(21)20-17-10-4-3-5-11-17/h6-9,12,17H,3-5,10-11,13H2,1-2H3,(H,19,20). The molecule has 0 amide bonds. The van der Waals surface area contributed by atoms with E-state index in [0.29, 0.717) is 6.04 Å². The van der Waals surface area contributed by atoms with Crippen molar-refractivity contribution in [2.24, 2.45) is 0 Å². The lowest BCUT2D eigenvalue weighted by Gasteiger charge is -2.23. The summed E-state index contributed by atoms with van der Waals surface area (Å²) in [6, 6.07) is 9.18. The van der Waals surface area contributed by atoms with Crippen LogP contribution in [0, 0.1) is 13.8 Å². The van der Waals surface area contributed by atoms with Gasteiger partial charge in [-0.05, 0) is 37.8 Å². The quantitative estimate of drug-likeness (QED) is 0.907. The predicted octanol–water partition coefficient (Wildman–Crippen LogP) is 4.29. The van der Waals surface area contributed by atoms with Gasteiger partial charge >= 0.3 is 0 Å². The third kappa shape index (κ3) is 3.46. The lowest BCUT2D eigenvalue weighted by Crippen LogP contribution is -2.24. The largest absolute Gasteiger partial charge is 0.353 e. The molecule has 0 saturated heterocycles. The van der Waals surface area contributed by atoms with Crippen LogP contribution in [0.1, 0.15) is 48.9 Å². The molecule has 0 atom stereocenters. The highest BCUT2D eigenvalue weighted by Gasteiger charge is 2.16. The summed E-state index contributed by atoms with van der Waals surface area (Å²) >= 11 is 0. The first-order chi connectivity index (χ1) is 10.2. The van der Waals surface area contributed by atoms with Crippen LogP contribution in [-0.2, 0) is 6.54 Å². The first kappa shape index (κ1) is 14.2. The van der Waals surface area contributed by atoms with E-state index in [-0.39, 0.29) is 0 Å². The fraction of sp³-hybridized carbons (Fsp3) is 0.500. The van der Waals surface area contributed by atoms with Gasteiger partial charge in [0.2, 0.25) is 5.95 Å². The molecule has 0 spiro atoms. The second-order valence-corrected chi connectivity index (χ2v) is 6.24. The molecule has 1 aromatic carbocycles. The summed E-state index contributed by atoms with van der Waals surface area (Å²) in [6.07, 6.45) is 8.77. The zero-order chi connectivity index (χ0) is 14.7. The van der Waals surface area contributed by atoms with Crippen LogP contribution >= 0.6 is 0 Å². The summed E-state index contributed by atoms with van der Waals surface area (Å²) in [7, 11) is 0. The Morgan fingerprint density at radius 3 is 2.67 bits per heavy atom. The Kier molecular flexibility index (Phi) is 4.28. The van der Waals surface area contributed by atoms with E-state index in [9.17, 15) is 0 Å². The molecule has 1 aromatic heterocycles. The Morgan fingerprint density at radius 2 is 1.90 bits per heavy atom. The topological polar surface area (TPSA) is 29.9 Å². The van der Waals surface area contributed by atoms with Crippen LogP contribution in [-0.4, -0.2) is 15.6 Å². The lowest BCUT2D eigenvalue weighted by atomic mass is 9.96. The molecule has 3 nitrogen and oxygen atoms in total. The van der Waals surface area contributed by atoms with E-state index in [1.807, 2.05) is 0 Å². The molecular weight excluding hydrogens is 258 g/mol. The number of rotatable bonds is 4. The zero-order valence-corrected chi connectivity index (χ0v) is 13.1. The Hall–Kier alpha value is -1.77. The monoisotopic (exact) mass is 283 g/mol. The first-order valence-corrected chi connectivity index (χ1v) is 8.07. The number of benzene rings is 1. The first-order valence-electron chi connectivity index (χ1n) is 8.07. The van der Waals surface area contributed by atoms with Crippen molar-refractivity contribution < 1.29 is 0 Å². The lowest BCUT2D eigenvalue weighted by molar-refractivity contribution is 0.459. The highest BCUT2D eigenvalue weighted by molar-refractivity contribution is 5.33. The van der Waals surface area contributed by atoms with Gasteiger partial charge in [-0.15, -0.1) is 0 Å². The van der Waals surface area contributed by atoms with Gasteiger partial charge < -0.3 is 9.88 Å². The number of hydrogen-bond donors (Lipinski definition) is 1. The smallest absolute Gasteiger partial charge is 0.203 e. The van der Waals surface area contributed by atoms with Gasteiger partial charge in [-0.1, -0.05) is 43.5 Å². The Morgan fingerprint density at radius 1 is 1.14 bits per heavy atom. The molecule has 1 aliphatic carbocycles. The minimum atomic E-state index is 0.594. The van der Waals surface area contributed by atoms with Crippen LogP contribution in [0.15, 0.2) is 30.5 Å². The molecule has 112 valence electrons. The summed E-state index contributed by atoms with van der Waals surface area (Å²) in [5.41, 5.74) is 3.79. The number of imidazole rings is 1. The fourth-order valence-corrected chi connectivity index (χ4v) is 3.18. The molecule has 1 N–H and O–H groups in total. The SMILES string of the molecule is Cc1cn(Cc2ccccc2C)c(NC2CCCCC2)n1. The molecule has 3 rings (SSSR count). The zero-order valence-electron chi connectivity index (χ0n) is 13.1. The average molecular weight is 283 g/mol. The van der Waals surface area contributed by atoms with Gasteiger partial charge in [-0.2, -0.15) is 0 Å². The van der Waals surface area contributed by atoms with E-state index in [2.05, 4.69) is 59.2 Å². The summed E-state index contributed by atoms with van der Waals surface area (Å²) in [4.78, 5) is 4.68. The Labute approximate surface area is 127 Å². The molecule has 1 fully saturated rings. The third-order valence-electron chi connectivity index (χ3n) is 4.44. The Balaban J connectivity index is 1.77. The second-order valence-electron chi connectivity index (χ2n) is 6.24. The molecule has 1 heterocycles. The third-order valence-corrected chi connectivity index (χ3v) is 4.44. The van der Waals surface area contributed by atoms with Crippen LogP contribution in [0.5, 0.6) is 0 Å². The van der Waals surface area contributed by atoms with Crippen molar-refractivity contribution in [3.8, 4) is 0 Å². The highest BCUT2D eigenvalue weighted by atomic mass is 15.2. The van der Waals surface area contributed by atoms with E-state index in [1.165, 1.54) is 43.2 Å². The predicted molar refractivity (Wildman–Crippen MR) is 87.7 cm³/mol. The van der Waals surface area contributed by atoms with Crippen LogP contribution in [0.25, 0.3) is 0 Å². The number of hydrogen-bond acceptors (Lipinski definition) is 2. The molecule has 0 radical (unpaired) electrons. The van der Waals surface area contributed by atoms with Gasteiger partial charge in [0.15, 0.2) is 0 Å². The van der Waals surface area contributed by atoms with E-state index in [0.717, 1.165) is 18.2 Å². The van der Waals surface area contributed by atoms with Crippen molar-refractivity contribution in [3.63, 3.8) is 0 Å². The summed E-state index contributed by atoms with van der Waals surface area (Å²) < 4.78 is 2.26. The fourth-order valence-electron chi connectivity index (χ4n) is 3.18. The molecule has 1 aliphatic rings. The van der Waals surface area contributed by atoms with Gasteiger partial charge in [-0.3, -0.25) is 0 Å². The maximum Gasteiger partial charge on any atom is 0.203 e. The van der Waals surface area contributed by atoms with E-state index < -0.39 is 0 Å². The maximum absolute atomic E-state index is 4.68. The number of aromatic nitrogens is 2. The van der Waals surface area contributed by atoms with E-state index >= 15 is 0 Å². The van der Waals surface area contributed by atoms with Crippen molar-refractivity contribution >= 4 is 5.95 Å². The molecule has 0 bridgehead atoms. The van der Waals surface area contributed by atoms with Gasteiger partial charge in [0, 0.05) is 12.2 Å². The van der Waals surface area contributed by atoms with E-state index in [1.54, 1.807) is 0 Å². The Bertz CT molecular complexity index is 594. The van der Waals surface area contributed by atoms with Crippen molar-refractivity contribution in [2.75, 3.05) is 5.32 Å². The van der Waals surface area contributed by atoms with Crippen LogP contribution < -0.4 is 5.32 Å². The molecule has 0 aliphatic heterocycles. The highest BCUT2D eigenvalue weighted by Crippen LogP contribution is 2.22. The molecule has 0 unspecified atom stereocenters. The summed E-state index contributed by atoms with van der Waals surface area (Å²) in [6.45, 7) is 5.14. The molecular formula is C18H25N3. The van der Waals surface area contributed by atoms with Crippen molar-refractivity contribution in [1.29, 1.82) is 0 Å². The number of nitrogens with zero attached hydrogens (tertiary/aromatic N) is 2. The van der Waals surface area contributed by atoms with Crippen LogP contribution in [0.3, 0.4) is 0 Å². The summed E-state index contributed by atoms with van der Waals surface area (Å²) in [5.74, 6) is 1.03. The van der Waals surface area contributed by atoms with Crippen molar-refractivity contribution in [1.82, 2.24) is 9.55 Å². The minimum Gasteiger partial charge on any atom is -0.353 e. The number of anilines is 1. The second kappa shape index (κ2) is 6.33. The number of aryl methyl sites for hydroxylation is 2. The number of nitrogens with one attached hydrogen (secondary N) is 1. The van der Waals surface area contributed by atoms with E-state index in [4.69, 9.17) is 0 Å². The molecule has 2 aromatic rings. The molecule has 3 heteroatoms. The van der Waals surface area contributed by atoms with Crippen LogP contribution in [0.2, 0.25) is 0 Å². The van der Waals surface area contributed by atoms with Gasteiger partial charge in [0.25, 0.3) is 0 Å². The maximum atomic E-state index is 4.68.